The molecule has 4 rings (SSSR count). The number of hydrogen-bond donors (Lipinski definition) is 1. The van der Waals surface area contributed by atoms with Crippen LogP contribution in [0.15, 0.2) is 72.3 Å². The Kier molecular flexibility index (Phi) is 6.98. The summed E-state index contributed by atoms with van der Waals surface area (Å²) in [5, 5.41) is 11.9. The van der Waals surface area contributed by atoms with Crippen LogP contribution in [0.1, 0.15) is 23.6 Å². The van der Waals surface area contributed by atoms with Crippen LogP contribution in [-0.2, 0) is 21.7 Å². The van der Waals surface area contributed by atoms with Gasteiger partial charge in [-0.2, -0.15) is 0 Å². The molecule has 7 nitrogen and oxygen atoms in total. The summed E-state index contributed by atoms with van der Waals surface area (Å²) in [4.78, 5) is 13.3. The van der Waals surface area contributed by atoms with E-state index in [0.29, 0.717) is 46.3 Å². The Labute approximate surface area is 204 Å². The number of rotatable bonds is 9. The smallest absolute Gasteiger partial charge is 0.342 e. The third-order valence-corrected chi connectivity index (χ3v) is 5.87. The molecule has 182 valence electrons. The zero-order valence-electron chi connectivity index (χ0n) is 20.2. The predicted octanol–water partition coefficient (Wildman–Crippen LogP) is 4.51. The van der Waals surface area contributed by atoms with Crippen molar-refractivity contribution in [1.82, 2.24) is 0 Å². The maximum atomic E-state index is 13.3. The maximum absolute atomic E-state index is 13.3. The molecule has 1 atom stereocenters. The third kappa shape index (κ3) is 4.81. The van der Waals surface area contributed by atoms with Crippen LogP contribution in [0.5, 0.6) is 23.0 Å². The van der Waals surface area contributed by atoms with E-state index < -0.39 is 11.8 Å². The fourth-order valence-electron chi connectivity index (χ4n) is 4.15. The summed E-state index contributed by atoms with van der Waals surface area (Å²) in [6.45, 7) is 2.41. The highest BCUT2D eigenvalue weighted by Gasteiger charge is 2.48. The second kappa shape index (κ2) is 10.1. The molecule has 0 saturated heterocycles. The molecule has 1 aliphatic heterocycles. The van der Waals surface area contributed by atoms with Crippen molar-refractivity contribution in [2.75, 3.05) is 27.9 Å². The van der Waals surface area contributed by atoms with Crippen LogP contribution in [0, 0.1) is 0 Å². The van der Waals surface area contributed by atoms with E-state index in [9.17, 15) is 9.90 Å². The summed E-state index contributed by atoms with van der Waals surface area (Å²) in [7, 11) is 4.66. The second-order valence-electron chi connectivity index (χ2n) is 7.97. The molecule has 1 N–H and O–H groups in total. The van der Waals surface area contributed by atoms with E-state index >= 15 is 0 Å². The fourth-order valence-corrected chi connectivity index (χ4v) is 4.15. The van der Waals surface area contributed by atoms with Crippen molar-refractivity contribution in [2.24, 2.45) is 0 Å². The van der Waals surface area contributed by atoms with Crippen LogP contribution in [0.25, 0.3) is 5.57 Å². The van der Waals surface area contributed by atoms with E-state index in [4.69, 9.17) is 23.7 Å². The van der Waals surface area contributed by atoms with Gasteiger partial charge in [-0.25, -0.2) is 4.79 Å². The molecule has 0 radical (unpaired) electrons. The summed E-state index contributed by atoms with van der Waals surface area (Å²) in [5.74, 6) is -0.275. The van der Waals surface area contributed by atoms with E-state index in [1.54, 1.807) is 49.6 Å². The van der Waals surface area contributed by atoms with E-state index in [2.05, 4.69) is 0 Å². The van der Waals surface area contributed by atoms with Crippen LogP contribution in [0.3, 0.4) is 0 Å². The first kappa shape index (κ1) is 24.2. The second-order valence-corrected chi connectivity index (χ2v) is 7.97. The minimum Gasteiger partial charge on any atom is -0.497 e. The van der Waals surface area contributed by atoms with Gasteiger partial charge in [0.2, 0.25) is 0 Å². The topological polar surface area (TPSA) is 83.5 Å². The third-order valence-electron chi connectivity index (χ3n) is 5.87. The Bertz CT molecular complexity index is 1220. The molecule has 0 aromatic heterocycles. The fraction of sp³-hybridized carbons (Fsp3) is 0.250. The van der Waals surface area contributed by atoms with Gasteiger partial charge in [0.05, 0.1) is 33.5 Å². The van der Waals surface area contributed by atoms with Crippen LogP contribution in [0.2, 0.25) is 0 Å². The Morgan fingerprint density at radius 3 is 2.09 bits per heavy atom. The average Bonchev–Trinajstić information content (AvgIpc) is 3.14. The molecule has 0 saturated carbocycles. The van der Waals surface area contributed by atoms with Gasteiger partial charge in [0.1, 0.15) is 23.0 Å². The molecule has 1 aliphatic rings. The number of carbonyl (C=O) groups excluding carboxylic acids is 1. The molecule has 7 heteroatoms. The lowest BCUT2D eigenvalue weighted by atomic mass is 9.88. The molecular formula is C28H28O7. The summed E-state index contributed by atoms with van der Waals surface area (Å²) >= 11 is 0. The lowest BCUT2D eigenvalue weighted by Crippen LogP contribution is -2.29. The largest absolute Gasteiger partial charge is 0.497 e. The molecular weight excluding hydrogens is 448 g/mol. The number of benzene rings is 3. The predicted molar refractivity (Wildman–Crippen MR) is 131 cm³/mol. The lowest BCUT2D eigenvalue weighted by molar-refractivity contribution is -0.185. The Balaban J connectivity index is 1.90. The van der Waals surface area contributed by atoms with Crippen LogP contribution in [0.4, 0.5) is 0 Å². The summed E-state index contributed by atoms with van der Waals surface area (Å²) < 4.78 is 27.4. The molecule has 0 aliphatic carbocycles. The molecule has 35 heavy (non-hydrogen) atoms. The first-order chi connectivity index (χ1) is 16.9. The quantitative estimate of drug-likeness (QED) is 0.455. The van der Waals surface area contributed by atoms with Gasteiger partial charge in [-0.15, -0.1) is 0 Å². The maximum Gasteiger partial charge on any atom is 0.342 e. The number of carbonyl (C=O) groups is 1. The van der Waals surface area contributed by atoms with E-state index in [1.165, 1.54) is 14.2 Å². The molecule has 0 bridgehead atoms. The summed E-state index contributed by atoms with van der Waals surface area (Å²) in [5.41, 5.74) is 2.43. The van der Waals surface area contributed by atoms with E-state index in [0.717, 1.165) is 5.56 Å². The Hall–Kier alpha value is -3.97. The van der Waals surface area contributed by atoms with Gasteiger partial charge >= 0.3 is 5.97 Å². The van der Waals surface area contributed by atoms with Gasteiger partial charge in [-0.1, -0.05) is 12.1 Å². The number of cyclic esters (lactones) is 1. The monoisotopic (exact) mass is 476 g/mol. The molecule has 0 spiro atoms. The van der Waals surface area contributed by atoms with Crippen molar-refractivity contribution in [1.29, 1.82) is 0 Å². The Morgan fingerprint density at radius 2 is 1.49 bits per heavy atom. The molecule has 0 fully saturated rings. The van der Waals surface area contributed by atoms with Gasteiger partial charge in [-0.3, -0.25) is 0 Å². The first-order valence-corrected chi connectivity index (χ1v) is 11.2. The number of methoxy groups -OCH3 is 3. The lowest BCUT2D eigenvalue weighted by Gasteiger charge is -2.26. The standard InChI is InChI=1S/C28H28O7/c1-5-34-21-11-9-20(10-12-21)28(30)25(14-18-7-6-8-22(13-18)31-2)26(27(29)35-28)19-15-23(32-3)17-24(16-19)33-4/h6-13,15-17,30H,5,14H2,1-4H3. The van der Waals surface area contributed by atoms with Gasteiger partial charge < -0.3 is 28.8 Å². The highest BCUT2D eigenvalue weighted by atomic mass is 16.7. The number of aliphatic hydroxyl groups is 1. The van der Waals surface area contributed by atoms with Crippen LogP contribution < -0.4 is 18.9 Å². The highest BCUT2D eigenvalue weighted by Crippen LogP contribution is 2.46. The van der Waals surface area contributed by atoms with Crippen molar-refractivity contribution >= 4 is 11.5 Å². The van der Waals surface area contributed by atoms with Crippen molar-refractivity contribution in [3.8, 4) is 23.0 Å². The van der Waals surface area contributed by atoms with Crippen molar-refractivity contribution in [3.05, 3.63) is 89.0 Å². The van der Waals surface area contributed by atoms with Gasteiger partial charge in [0.25, 0.3) is 5.79 Å². The molecule has 3 aromatic rings. The van der Waals surface area contributed by atoms with E-state index in [-0.39, 0.29) is 12.0 Å². The molecule has 1 unspecified atom stereocenters. The molecule has 1 heterocycles. The van der Waals surface area contributed by atoms with Crippen molar-refractivity contribution in [2.45, 2.75) is 19.1 Å². The average molecular weight is 477 g/mol. The number of hydrogen-bond acceptors (Lipinski definition) is 7. The normalized spacial score (nSPS) is 17.2. The minimum absolute atomic E-state index is 0.238. The SMILES string of the molecule is CCOc1ccc(C2(O)OC(=O)C(c3cc(OC)cc(OC)c3)=C2Cc2cccc(OC)c2)cc1. The molecule has 3 aromatic carbocycles. The van der Waals surface area contributed by atoms with Gasteiger partial charge in [0.15, 0.2) is 0 Å². The first-order valence-electron chi connectivity index (χ1n) is 11.2. The van der Waals surface area contributed by atoms with Gasteiger partial charge in [-0.05, 0) is 66.6 Å². The Morgan fingerprint density at radius 1 is 0.829 bits per heavy atom. The zero-order valence-corrected chi connectivity index (χ0v) is 20.2. The highest BCUT2D eigenvalue weighted by molar-refractivity contribution is 6.20. The van der Waals surface area contributed by atoms with Gasteiger partial charge in [0, 0.05) is 23.6 Å². The minimum atomic E-state index is -1.98. The number of esters is 1. The molecule has 0 amide bonds. The zero-order chi connectivity index (χ0) is 25.0. The summed E-state index contributed by atoms with van der Waals surface area (Å²) in [6.07, 6.45) is 0.238. The van der Waals surface area contributed by atoms with Crippen LogP contribution >= 0.6 is 0 Å². The number of ether oxygens (including phenoxy) is 5. The van der Waals surface area contributed by atoms with Crippen molar-refractivity contribution in [3.63, 3.8) is 0 Å². The van der Waals surface area contributed by atoms with Crippen molar-refractivity contribution < 1.29 is 33.6 Å². The van der Waals surface area contributed by atoms with Crippen LogP contribution in [-0.4, -0.2) is 39.0 Å². The van der Waals surface area contributed by atoms with E-state index in [1.807, 2.05) is 31.2 Å². The summed E-state index contributed by atoms with van der Waals surface area (Å²) in [6, 6.07) is 19.5.